The van der Waals surface area contributed by atoms with Gasteiger partial charge in [0.1, 0.15) is 0 Å². The minimum Gasteiger partial charge on any atom is -0.340 e. The fraction of sp³-hybridized carbons (Fsp3) is 0.118. The number of nitro benzene ring substituents is 1. The Morgan fingerprint density at radius 1 is 1.05 bits per heavy atom. The summed E-state index contributed by atoms with van der Waals surface area (Å²) in [6, 6.07) is 13.5. The second kappa shape index (κ2) is 4.80. The van der Waals surface area contributed by atoms with E-state index >= 15 is 0 Å². The number of para-hydroxylation sites is 1. The summed E-state index contributed by atoms with van der Waals surface area (Å²) >= 11 is 0. The van der Waals surface area contributed by atoms with E-state index in [9.17, 15) is 10.1 Å². The number of anilines is 2. The Labute approximate surface area is 127 Å². The van der Waals surface area contributed by atoms with Crippen LogP contribution in [0.25, 0.3) is 10.8 Å². The minimum atomic E-state index is -0.355. The van der Waals surface area contributed by atoms with Crippen LogP contribution >= 0.6 is 0 Å². The summed E-state index contributed by atoms with van der Waals surface area (Å²) in [6.45, 7) is 0.884. The van der Waals surface area contributed by atoms with Crippen LogP contribution in [0.4, 0.5) is 17.1 Å². The van der Waals surface area contributed by atoms with Gasteiger partial charge in [-0.15, -0.1) is 0 Å². The monoisotopic (exact) mass is 291 g/mol. The molecule has 22 heavy (non-hydrogen) atoms. The molecular formula is C17H13N3O2. The number of pyridine rings is 1. The zero-order chi connectivity index (χ0) is 15.1. The van der Waals surface area contributed by atoms with Crippen molar-refractivity contribution in [3.8, 4) is 0 Å². The Balaban J connectivity index is 1.95. The molecule has 1 aliphatic heterocycles. The molecule has 2 aromatic carbocycles. The van der Waals surface area contributed by atoms with Crippen LogP contribution in [0.1, 0.15) is 5.56 Å². The molecule has 0 fully saturated rings. The molecule has 1 aromatic heterocycles. The number of hydrogen-bond donors (Lipinski definition) is 0. The minimum absolute atomic E-state index is 0.0966. The van der Waals surface area contributed by atoms with Gasteiger partial charge in [0, 0.05) is 41.8 Å². The molecule has 0 bridgehead atoms. The van der Waals surface area contributed by atoms with Crippen LogP contribution in [0.3, 0.4) is 0 Å². The summed E-state index contributed by atoms with van der Waals surface area (Å²) in [5.41, 5.74) is 3.57. The first kappa shape index (κ1) is 12.8. The van der Waals surface area contributed by atoms with Crippen LogP contribution in [0.15, 0.2) is 54.9 Å². The lowest BCUT2D eigenvalue weighted by Gasteiger charge is -2.21. The quantitative estimate of drug-likeness (QED) is 0.531. The second-order valence-electron chi connectivity index (χ2n) is 5.31. The molecule has 1 aliphatic rings. The average molecular weight is 291 g/mol. The summed E-state index contributed by atoms with van der Waals surface area (Å²) in [5, 5.41) is 12.7. The highest BCUT2D eigenvalue weighted by molar-refractivity contribution is 6.01. The van der Waals surface area contributed by atoms with Gasteiger partial charge in [0.25, 0.3) is 5.69 Å². The molecule has 0 unspecified atom stereocenters. The van der Waals surface area contributed by atoms with Gasteiger partial charge >= 0.3 is 0 Å². The maximum absolute atomic E-state index is 11.2. The number of nitrogens with zero attached hydrogens (tertiary/aromatic N) is 3. The normalized spacial score (nSPS) is 13.4. The third-order valence-corrected chi connectivity index (χ3v) is 4.15. The van der Waals surface area contributed by atoms with Gasteiger partial charge in [0.05, 0.1) is 10.3 Å². The van der Waals surface area contributed by atoms with Crippen LogP contribution < -0.4 is 4.90 Å². The third kappa shape index (κ3) is 1.83. The Morgan fingerprint density at radius 3 is 2.77 bits per heavy atom. The summed E-state index contributed by atoms with van der Waals surface area (Å²) in [6.07, 6.45) is 4.23. The Kier molecular flexibility index (Phi) is 2.79. The summed E-state index contributed by atoms with van der Waals surface area (Å²) in [7, 11) is 0. The molecule has 0 amide bonds. The number of fused-ring (bicyclic) bond motifs is 2. The fourth-order valence-electron chi connectivity index (χ4n) is 3.14. The van der Waals surface area contributed by atoms with Crippen molar-refractivity contribution >= 4 is 27.8 Å². The van der Waals surface area contributed by atoms with Gasteiger partial charge in [0.15, 0.2) is 0 Å². The standard InChI is InChI=1S/C17H13N3O2/c21-20(22)17-6-5-16(13-7-9-18-11-14(13)17)19-10-8-12-3-1-2-4-15(12)19/h1-7,9,11H,8,10H2. The van der Waals surface area contributed by atoms with E-state index < -0.39 is 0 Å². The lowest BCUT2D eigenvalue weighted by atomic mass is 10.1. The molecule has 0 atom stereocenters. The van der Waals surface area contributed by atoms with Gasteiger partial charge in [0.2, 0.25) is 0 Å². The molecule has 0 N–H and O–H groups in total. The van der Waals surface area contributed by atoms with Crippen LogP contribution in [0.5, 0.6) is 0 Å². The van der Waals surface area contributed by atoms with Crippen LogP contribution in [0, 0.1) is 10.1 Å². The van der Waals surface area contributed by atoms with Crippen LogP contribution in [0.2, 0.25) is 0 Å². The molecule has 5 heteroatoms. The van der Waals surface area contributed by atoms with Gasteiger partial charge in [-0.05, 0) is 30.2 Å². The van der Waals surface area contributed by atoms with Gasteiger partial charge in [-0.1, -0.05) is 18.2 Å². The number of hydrogen-bond acceptors (Lipinski definition) is 4. The Morgan fingerprint density at radius 2 is 1.91 bits per heavy atom. The highest BCUT2D eigenvalue weighted by Gasteiger charge is 2.23. The van der Waals surface area contributed by atoms with E-state index in [4.69, 9.17) is 0 Å². The van der Waals surface area contributed by atoms with E-state index in [1.54, 1.807) is 18.5 Å². The highest BCUT2D eigenvalue weighted by atomic mass is 16.6. The lowest BCUT2D eigenvalue weighted by molar-refractivity contribution is -0.383. The van der Waals surface area contributed by atoms with E-state index in [0.717, 1.165) is 24.0 Å². The van der Waals surface area contributed by atoms with Crippen molar-refractivity contribution in [3.63, 3.8) is 0 Å². The van der Waals surface area contributed by atoms with Crippen LogP contribution in [-0.2, 0) is 6.42 Å². The van der Waals surface area contributed by atoms with Crippen molar-refractivity contribution in [3.05, 3.63) is 70.5 Å². The molecule has 0 spiro atoms. The SMILES string of the molecule is O=[N+]([O-])c1ccc(N2CCc3ccccc32)c2ccncc12. The Bertz CT molecular complexity index is 892. The molecule has 0 saturated heterocycles. The van der Waals surface area contributed by atoms with Crippen molar-refractivity contribution in [2.75, 3.05) is 11.4 Å². The van der Waals surface area contributed by atoms with Gasteiger partial charge < -0.3 is 4.90 Å². The number of rotatable bonds is 2. The van der Waals surface area contributed by atoms with Crippen molar-refractivity contribution in [2.45, 2.75) is 6.42 Å². The van der Waals surface area contributed by atoms with Crippen molar-refractivity contribution in [1.29, 1.82) is 0 Å². The van der Waals surface area contributed by atoms with E-state index in [1.807, 2.05) is 24.3 Å². The second-order valence-corrected chi connectivity index (χ2v) is 5.31. The predicted molar refractivity (Wildman–Crippen MR) is 85.5 cm³/mol. The van der Waals surface area contributed by atoms with Gasteiger partial charge in [-0.25, -0.2) is 0 Å². The first-order chi connectivity index (χ1) is 10.8. The molecule has 0 aliphatic carbocycles. The molecule has 3 aromatic rings. The molecule has 2 heterocycles. The van der Waals surface area contributed by atoms with E-state index in [1.165, 1.54) is 11.3 Å². The summed E-state index contributed by atoms with van der Waals surface area (Å²) in [5.74, 6) is 0. The molecular weight excluding hydrogens is 278 g/mol. The highest BCUT2D eigenvalue weighted by Crippen LogP contribution is 2.40. The largest absolute Gasteiger partial charge is 0.340 e. The third-order valence-electron chi connectivity index (χ3n) is 4.15. The zero-order valence-electron chi connectivity index (χ0n) is 11.8. The maximum Gasteiger partial charge on any atom is 0.278 e. The lowest BCUT2D eigenvalue weighted by Crippen LogP contribution is -2.13. The smallest absolute Gasteiger partial charge is 0.278 e. The predicted octanol–water partition coefficient (Wildman–Crippen LogP) is 3.84. The van der Waals surface area contributed by atoms with Crippen molar-refractivity contribution in [1.82, 2.24) is 4.98 Å². The molecule has 4 rings (SSSR count). The fourth-order valence-corrected chi connectivity index (χ4v) is 3.14. The van der Waals surface area contributed by atoms with Crippen LogP contribution in [-0.4, -0.2) is 16.5 Å². The van der Waals surface area contributed by atoms with Crippen molar-refractivity contribution < 1.29 is 4.92 Å². The number of non-ortho nitro benzene ring substituents is 1. The first-order valence-corrected chi connectivity index (χ1v) is 7.12. The van der Waals surface area contributed by atoms with Crippen molar-refractivity contribution in [2.24, 2.45) is 0 Å². The van der Waals surface area contributed by atoms with E-state index in [0.29, 0.717) is 5.39 Å². The summed E-state index contributed by atoms with van der Waals surface area (Å²) in [4.78, 5) is 17.1. The van der Waals surface area contributed by atoms with Gasteiger partial charge in [-0.3, -0.25) is 15.1 Å². The topological polar surface area (TPSA) is 59.3 Å². The van der Waals surface area contributed by atoms with Gasteiger partial charge in [-0.2, -0.15) is 0 Å². The molecule has 108 valence electrons. The summed E-state index contributed by atoms with van der Waals surface area (Å²) < 4.78 is 0. The number of nitro groups is 1. The zero-order valence-corrected chi connectivity index (χ0v) is 11.8. The number of aromatic nitrogens is 1. The first-order valence-electron chi connectivity index (χ1n) is 7.12. The maximum atomic E-state index is 11.2. The molecule has 0 saturated carbocycles. The van der Waals surface area contributed by atoms with E-state index in [2.05, 4.69) is 22.0 Å². The average Bonchev–Trinajstić information content (AvgIpc) is 2.97. The number of benzene rings is 2. The molecule has 5 nitrogen and oxygen atoms in total. The molecule has 0 radical (unpaired) electrons. The van der Waals surface area contributed by atoms with E-state index in [-0.39, 0.29) is 10.6 Å². The Hall–Kier alpha value is -2.95.